The molecule has 0 atom stereocenters. The second-order valence-corrected chi connectivity index (χ2v) is 4.66. The lowest BCUT2D eigenvalue weighted by atomic mass is 10.2. The maximum Gasteiger partial charge on any atom is 0.0841 e. The van der Waals surface area contributed by atoms with Crippen molar-refractivity contribution in [1.82, 2.24) is 15.1 Å². The van der Waals surface area contributed by atoms with Gasteiger partial charge >= 0.3 is 0 Å². The van der Waals surface area contributed by atoms with E-state index in [0.29, 0.717) is 6.61 Å². The van der Waals surface area contributed by atoms with Gasteiger partial charge in [-0.15, -0.1) is 12.3 Å². The van der Waals surface area contributed by atoms with E-state index in [2.05, 4.69) is 34.1 Å². The molecule has 2 aromatic rings. The monoisotopic (exact) mass is 271 g/mol. The first-order valence-corrected chi connectivity index (χ1v) is 6.94. The third kappa shape index (κ3) is 3.60. The average molecular weight is 271 g/mol. The van der Waals surface area contributed by atoms with Gasteiger partial charge in [-0.05, 0) is 12.5 Å². The molecule has 4 heteroatoms. The summed E-state index contributed by atoms with van der Waals surface area (Å²) in [5.74, 6) is 2.67. The van der Waals surface area contributed by atoms with Crippen LogP contribution in [0, 0.1) is 12.3 Å². The molecule has 0 saturated heterocycles. The number of hydrogen-bond donors (Lipinski definition) is 1. The number of nitrogens with one attached hydrogen (secondary N) is 1. The molecule has 0 aliphatic carbocycles. The summed E-state index contributed by atoms with van der Waals surface area (Å²) in [7, 11) is 1.71. The number of hydrogen-bond acceptors (Lipinski definition) is 3. The summed E-state index contributed by atoms with van der Waals surface area (Å²) in [5.41, 5.74) is 2.26. The normalized spacial score (nSPS) is 10.8. The fourth-order valence-corrected chi connectivity index (χ4v) is 2.21. The molecule has 106 valence electrons. The van der Waals surface area contributed by atoms with Crippen molar-refractivity contribution in [2.24, 2.45) is 0 Å². The van der Waals surface area contributed by atoms with E-state index in [1.165, 1.54) is 10.9 Å². The van der Waals surface area contributed by atoms with Gasteiger partial charge in [0.1, 0.15) is 0 Å². The van der Waals surface area contributed by atoms with Crippen LogP contribution < -0.4 is 5.32 Å². The van der Waals surface area contributed by atoms with Gasteiger partial charge < -0.3 is 10.1 Å². The molecule has 1 aromatic heterocycles. The molecule has 4 nitrogen and oxygen atoms in total. The Bertz CT molecular complexity index is 583. The Balaban J connectivity index is 2.11. The van der Waals surface area contributed by atoms with Gasteiger partial charge in [0.05, 0.1) is 17.8 Å². The van der Waals surface area contributed by atoms with Crippen LogP contribution in [0.25, 0.3) is 10.9 Å². The number of aryl methyl sites for hydroxylation is 1. The standard InChI is InChI=1S/C16H21N3O/c1-3-4-7-11-19-16-9-6-5-8-14(16)15(18-19)13-17-10-12-20-2/h1,5-6,8-9,17H,4,7,10-13H2,2H3. The smallest absolute Gasteiger partial charge is 0.0841 e. The third-order valence-electron chi connectivity index (χ3n) is 3.20. The van der Waals surface area contributed by atoms with Crippen LogP contribution in [0.1, 0.15) is 18.5 Å². The van der Waals surface area contributed by atoms with Crippen LogP contribution in [0.3, 0.4) is 0 Å². The number of para-hydroxylation sites is 1. The van der Waals surface area contributed by atoms with Gasteiger partial charge in [-0.2, -0.15) is 5.10 Å². The average Bonchev–Trinajstić information content (AvgIpc) is 2.83. The quantitative estimate of drug-likeness (QED) is 0.591. The molecular weight excluding hydrogens is 250 g/mol. The minimum absolute atomic E-state index is 0.709. The van der Waals surface area contributed by atoms with Gasteiger partial charge in [-0.3, -0.25) is 4.68 Å². The fraction of sp³-hybridized carbons (Fsp3) is 0.438. The number of methoxy groups -OCH3 is 1. The van der Waals surface area contributed by atoms with E-state index in [0.717, 1.165) is 38.2 Å². The molecule has 0 aliphatic rings. The van der Waals surface area contributed by atoms with Crippen LogP contribution in [0.2, 0.25) is 0 Å². The molecular formula is C16H21N3O. The SMILES string of the molecule is C#CCCCn1nc(CNCCOC)c2ccccc21. The van der Waals surface area contributed by atoms with Crippen molar-refractivity contribution >= 4 is 10.9 Å². The minimum atomic E-state index is 0.709. The molecule has 0 bridgehead atoms. The molecule has 0 aliphatic heterocycles. The second-order valence-electron chi connectivity index (χ2n) is 4.66. The zero-order valence-corrected chi connectivity index (χ0v) is 11.9. The highest BCUT2D eigenvalue weighted by atomic mass is 16.5. The first-order chi connectivity index (χ1) is 9.86. The molecule has 0 unspecified atom stereocenters. The topological polar surface area (TPSA) is 39.1 Å². The zero-order valence-electron chi connectivity index (χ0n) is 11.9. The molecule has 0 amide bonds. The summed E-state index contributed by atoms with van der Waals surface area (Å²) in [6, 6.07) is 8.32. The van der Waals surface area contributed by atoms with Crippen LogP contribution in [-0.4, -0.2) is 30.0 Å². The molecule has 0 fully saturated rings. The lowest BCUT2D eigenvalue weighted by Crippen LogP contribution is -2.19. The van der Waals surface area contributed by atoms with Crippen molar-refractivity contribution in [3.8, 4) is 12.3 Å². The van der Waals surface area contributed by atoms with Gasteiger partial charge in [-0.25, -0.2) is 0 Å². The summed E-state index contributed by atoms with van der Waals surface area (Å²) in [5, 5.41) is 9.25. The first kappa shape index (κ1) is 14.6. The molecule has 1 N–H and O–H groups in total. The Kier molecular flexibility index (Phi) is 5.60. The number of rotatable bonds is 8. The molecule has 0 radical (unpaired) electrons. The highest BCUT2D eigenvalue weighted by molar-refractivity contribution is 5.81. The number of ether oxygens (including phenoxy) is 1. The number of unbranched alkanes of at least 4 members (excludes halogenated alkanes) is 1. The van der Waals surface area contributed by atoms with E-state index in [4.69, 9.17) is 16.3 Å². The first-order valence-electron chi connectivity index (χ1n) is 6.94. The lowest BCUT2D eigenvalue weighted by Gasteiger charge is -2.02. The van der Waals surface area contributed by atoms with Gasteiger partial charge in [0, 0.05) is 38.6 Å². The predicted molar refractivity (Wildman–Crippen MR) is 81.4 cm³/mol. The fourth-order valence-electron chi connectivity index (χ4n) is 2.21. The van der Waals surface area contributed by atoms with E-state index in [1.807, 2.05) is 6.07 Å². The van der Waals surface area contributed by atoms with Gasteiger partial charge in [0.25, 0.3) is 0 Å². The Morgan fingerprint density at radius 3 is 3.05 bits per heavy atom. The number of fused-ring (bicyclic) bond motifs is 1. The summed E-state index contributed by atoms with van der Waals surface area (Å²) >= 11 is 0. The van der Waals surface area contributed by atoms with Crippen molar-refractivity contribution in [3.05, 3.63) is 30.0 Å². The Hall–Kier alpha value is -1.83. The van der Waals surface area contributed by atoms with E-state index in [1.54, 1.807) is 7.11 Å². The number of benzene rings is 1. The maximum absolute atomic E-state index is 5.30. The second kappa shape index (κ2) is 7.68. The van der Waals surface area contributed by atoms with E-state index in [9.17, 15) is 0 Å². The molecule has 1 heterocycles. The van der Waals surface area contributed by atoms with Gasteiger partial charge in [0.2, 0.25) is 0 Å². The molecule has 0 spiro atoms. The molecule has 20 heavy (non-hydrogen) atoms. The van der Waals surface area contributed by atoms with E-state index >= 15 is 0 Å². The van der Waals surface area contributed by atoms with Crippen LogP contribution >= 0.6 is 0 Å². The Morgan fingerprint density at radius 2 is 2.25 bits per heavy atom. The summed E-state index contributed by atoms with van der Waals surface area (Å²) in [4.78, 5) is 0. The Labute approximate surface area is 120 Å². The minimum Gasteiger partial charge on any atom is -0.383 e. The highest BCUT2D eigenvalue weighted by Crippen LogP contribution is 2.18. The van der Waals surface area contributed by atoms with Crippen LogP contribution in [0.4, 0.5) is 0 Å². The summed E-state index contributed by atoms with van der Waals surface area (Å²) in [6.07, 6.45) is 7.05. The van der Waals surface area contributed by atoms with Gasteiger partial charge in [0.15, 0.2) is 0 Å². The Morgan fingerprint density at radius 1 is 1.40 bits per heavy atom. The van der Waals surface area contributed by atoms with Crippen molar-refractivity contribution in [2.75, 3.05) is 20.3 Å². The van der Waals surface area contributed by atoms with E-state index < -0.39 is 0 Å². The largest absolute Gasteiger partial charge is 0.383 e. The third-order valence-corrected chi connectivity index (χ3v) is 3.20. The lowest BCUT2D eigenvalue weighted by molar-refractivity contribution is 0.199. The van der Waals surface area contributed by atoms with Gasteiger partial charge in [-0.1, -0.05) is 18.2 Å². The van der Waals surface area contributed by atoms with E-state index in [-0.39, 0.29) is 0 Å². The number of terminal acetylenes is 1. The van der Waals surface area contributed by atoms with Crippen LogP contribution in [0.15, 0.2) is 24.3 Å². The summed E-state index contributed by atoms with van der Waals surface area (Å²) in [6.45, 7) is 3.16. The van der Waals surface area contributed by atoms with Crippen LogP contribution in [-0.2, 0) is 17.8 Å². The van der Waals surface area contributed by atoms with Crippen LogP contribution in [0.5, 0.6) is 0 Å². The number of aromatic nitrogens is 2. The molecule has 2 rings (SSSR count). The van der Waals surface area contributed by atoms with Crippen molar-refractivity contribution in [1.29, 1.82) is 0 Å². The maximum atomic E-state index is 5.30. The van der Waals surface area contributed by atoms with Crippen molar-refractivity contribution in [3.63, 3.8) is 0 Å². The summed E-state index contributed by atoms with van der Waals surface area (Å²) < 4.78 is 7.09. The van der Waals surface area contributed by atoms with Crippen molar-refractivity contribution < 1.29 is 4.74 Å². The number of nitrogens with zero attached hydrogens (tertiary/aromatic N) is 2. The highest BCUT2D eigenvalue weighted by Gasteiger charge is 2.09. The molecule has 0 saturated carbocycles. The zero-order chi connectivity index (χ0) is 14.2. The predicted octanol–water partition coefficient (Wildman–Crippen LogP) is 2.19. The molecule has 1 aromatic carbocycles. The van der Waals surface area contributed by atoms with Crippen molar-refractivity contribution in [2.45, 2.75) is 25.9 Å².